The number of rotatable bonds is 5. The molecule has 4 aromatic rings. The molecule has 1 aliphatic rings. The van der Waals surface area contributed by atoms with Crippen LogP contribution in [0.1, 0.15) is 34.3 Å². The van der Waals surface area contributed by atoms with Crippen LogP contribution < -0.4 is 16.0 Å². The first kappa shape index (κ1) is 20.9. The van der Waals surface area contributed by atoms with Crippen molar-refractivity contribution in [3.05, 3.63) is 71.2 Å². The molecule has 0 unspecified atom stereocenters. The number of carbonyl (C=O) groups excluding carboxylic acids is 1. The average Bonchev–Trinajstić information content (AvgIpc) is 3.14. The molecule has 5 rings (SSSR count). The topological polar surface area (TPSA) is 102 Å². The van der Waals surface area contributed by atoms with Crippen LogP contribution in [0.15, 0.2) is 48.7 Å². The van der Waals surface area contributed by atoms with Crippen molar-refractivity contribution < 1.29 is 9.18 Å². The Bertz CT molecular complexity index is 1340. The van der Waals surface area contributed by atoms with Crippen molar-refractivity contribution in [1.29, 1.82) is 0 Å². The Morgan fingerprint density at radius 2 is 2.00 bits per heavy atom. The molecule has 0 bridgehead atoms. The third-order valence-electron chi connectivity index (χ3n) is 5.92. The second-order valence-electron chi connectivity index (χ2n) is 8.20. The minimum Gasteiger partial charge on any atom is -0.366 e. The molecule has 0 radical (unpaired) electrons. The molecule has 0 fully saturated rings. The molecule has 2 aromatic heterocycles. The van der Waals surface area contributed by atoms with Crippen LogP contribution in [0.5, 0.6) is 0 Å². The number of hydrogen-bond donors (Lipinski definition) is 2. The summed E-state index contributed by atoms with van der Waals surface area (Å²) in [5.41, 5.74) is 8.09. The lowest BCUT2D eigenvalue weighted by Crippen LogP contribution is -2.21. The predicted octanol–water partition coefficient (Wildman–Crippen LogP) is 3.44. The summed E-state index contributed by atoms with van der Waals surface area (Å²) in [7, 11) is 2.01. The number of nitrogens with one attached hydrogen (secondary N) is 1. The molecule has 0 saturated heterocycles. The smallest absolute Gasteiger partial charge is 0.255 e. The molecular weight excluding hydrogens is 421 g/mol. The molecule has 9 heteroatoms. The molecule has 3 N–H and O–H groups in total. The second-order valence-corrected chi connectivity index (χ2v) is 8.20. The van der Waals surface area contributed by atoms with Gasteiger partial charge in [0.05, 0.1) is 17.3 Å². The van der Waals surface area contributed by atoms with Crippen LogP contribution in [-0.2, 0) is 13.0 Å². The minimum absolute atomic E-state index is 0.0746. The Kier molecular flexibility index (Phi) is 5.37. The lowest BCUT2D eigenvalue weighted by atomic mass is 10.1. The maximum absolute atomic E-state index is 14.3. The molecule has 3 heterocycles. The summed E-state index contributed by atoms with van der Waals surface area (Å²) >= 11 is 0. The van der Waals surface area contributed by atoms with Crippen LogP contribution in [0.4, 0.5) is 16.0 Å². The molecule has 1 aliphatic heterocycles. The fraction of sp³-hybridized carbons (Fsp3) is 0.250. The van der Waals surface area contributed by atoms with Gasteiger partial charge in [-0.2, -0.15) is 19.7 Å². The molecule has 8 nitrogen and oxygen atoms in total. The van der Waals surface area contributed by atoms with Gasteiger partial charge in [0.15, 0.2) is 0 Å². The van der Waals surface area contributed by atoms with Gasteiger partial charge in [0, 0.05) is 37.2 Å². The number of anilines is 2. The van der Waals surface area contributed by atoms with Gasteiger partial charge in [-0.3, -0.25) is 4.79 Å². The highest BCUT2D eigenvalue weighted by atomic mass is 19.1. The Morgan fingerprint density at radius 1 is 1.18 bits per heavy atom. The van der Waals surface area contributed by atoms with E-state index in [0.717, 1.165) is 54.6 Å². The monoisotopic (exact) mass is 445 g/mol. The summed E-state index contributed by atoms with van der Waals surface area (Å²) in [5, 5.41) is 8.29. The normalized spacial score (nSPS) is 13.6. The van der Waals surface area contributed by atoms with Gasteiger partial charge in [-0.15, -0.1) is 0 Å². The fourth-order valence-corrected chi connectivity index (χ4v) is 4.24. The second kappa shape index (κ2) is 8.50. The van der Waals surface area contributed by atoms with E-state index < -0.39 is 11.7 Å². The largest absolute Gasteiger partial charge is 0.366 e. The predicted molar refractivity (Wildman–Crippen MR) is 125 cm³/mol. The molecule has 2 aromatic carbocycles. The van der Waals surface area contributed by atoms with Crippen molar-refractivity contribution in [3.63, 3.8) is 0 Å². The summed E-state index contributed by atoms with van der Waals surface area (Å²) in [6.45, 7) is 1.48. The number of amides is 1. The van der Waals surface area contributed by atoms with Crippen molar-refractivity contribution in [2.45, 2.75) is 25.8 Å². The van der Waals surface area contributed by atoms with E-state index in [2.05, 4.69) is 27.4 Å². The molecule has 0 saturated carbocycles. The number of nitrogens with zero attached hydrogens (tertiary/aromatic N) is 5. The van der Waals surface area contributed by atoms with E-state index in [9.17, 15) is 9.18 Å². The number of nitrogens with two attached hydrogens (primary N) is 1. The zero-order valence-electron chi connectivity index (χ0n) is 18.3. The van der Waals surface area contributed by atoms with E-state index in [0.29, 0.717) is 23.4 Å². The zero-order chi connectivity index (χ0) is 22.9. The van der Waals surface area contributed by atoms with Crippen LogP contribution >= 0.6 is 0 Å². The highest BCUT2D eigenvalue weighted by molar-refractivity contribution is 6.05. The number of carbonyl (C=O) groups is 1. The lowest BCUT2D eigenvalue weighted by molar-refractivity contribution is 0.100. The van der Waals surface area contributed by atoms with Crippen LogP contribution in [-0.4, -0.2) is 39.2 Å². The highest BCUT2D eigenvalue weighted by Crippen LogP contribution is 2.31. The average molecular weight is 446 g/mol. The third-order valence-corrected chi connectivity index (χ3v) is 5.92. The van der Waals surface area contributed by atoms with Crippen LogP contribution in [0.2, 0.25) is 0 Å². The zero-order valence-corrected chi connectivity index (χ0v) is 18.3. The molecule has 33 heavy (non-hydrogen) atoms. The maximum Gasteiger partial charge on any atom is 0.255 e. The molecule has 0 atom stereocenters. The standard InChI is InChI=1S/C24H24FN7O/c1-31-10-6-5-9-17-22(27-13-15-7-3-2-4-8-15)29-24(30-23(17)31)32-20-12-16(25)11-18(21(26)33)19(20)14-28-32/h2-4,7-8,11-12,14H,5-6,9-10,13H2,1H3,(H2,26,33)(H,27,29,30). The van der Waals surface area contributed by atoms with Crippen LogP contribution in [0.3, 0.4) is 0 Å². The van der Waals surface area contributed by atoms with Crippen molar-refractivity contribution in [2.75, 3.05) is 23.8 Å². The van der Waals surface area contributed by atoms with Gasteiger partial charge in [-0.1, -0.05) is 30.3 Å². The van der Waals surface area contributed by atoms with Crippen LogP contribution in [0, 0.1) is 5.82 Å². The number of hydrogen-bond acceptors (Lipinski definition) is 6. The number of halogens is 1. The third kappa shape index (κ3) is 3.97. The first-order chi connectivity index (χ1) is 16.0. The summed E-state index contributed by atoms with van der Waals surface area (Å²) in [6, 6.07) is 12.5. The highest BCUT2D eigenvalue weighted by Gasteiger charge is 2.22. The summed E-state index contributed by atoms with van der Waals surface area (Å²) in [5.74, 6) is 0.555. The van der Waals surface area contributed by atoms with Gasteiger partial charge in [0.1, 0.15) is 17.5 Å². The first-order valence-corrected chi connectivity index (χ1v) is 10.9. The molecule has 168 valence electrons. The van der Waals surface area contributed by atoms with E-state index >= 15 is 0 Å². The SMILES string of the molecule is CN1CCCCc2c(NCc3ccccc3)nc(-n3ncc4c(C(N)=O)cc(F)cc43)nc21. The van der Waals surface area contributed by atoms with E-state index in [1.807, 2.05) is 25.2 Å². The van der Waals surface area contributed by atoms with Gasteiger partial charge in [0.2, 0.25) is 5.91 Å². The van der Waals surface area contributed by atoms with E-state index in [1.54, 1.807) is 0 Å². The molecule has 0 spiro atoms. The molecular formula is C24H24FN7O. The minimum atomic E-state index is -0.716. The van der Waals surface area contributed by atoms with E-state index in [1.165, 1.54) is 16.9 Å². The van der Waals surface area contributed by atoms with Crippen molar-refractivity contribution in [3.8, 4) is 5.95 Å². The van der Waals surface area contributed by atoms with Crippen LogP contribution in [0.25, 0.3) is 16.9 Å². The maximum atomic E-state index is 14.3. The quantitative estimate of drug-likeness (QED) is 0.488. The van der Waals surface area contributed by atoms with Crippen molar-refractivity contribution in [1.82, 2.24) is 19.7 Å². The summed E-state index contributed by atoms with van der Waals surface area (Å²) in [4.78, 5) is 23.5. The van der Waals surface area contributed by atoms with E-state index in [4.69, 9.17) is 15.7 Å². The molecule has 0 aliphatic carbocycles. The Morgan fingerprint density at radius 3 is 2.79 bits per heavy atom. The van der Waals surface area contributed by atoms with Gasteiger partial charge < -0.3 is 16.0 Å². The number of primary amides is 1. The van der Waals surface area contributed by atoms with Gasteiger partial charge in [-0.05, 0) is 30.9 Å². The number of aromatic nitrogens is 4. The summed E-state index contributed by atoms with van der Waals surface area (Å²) in [6.07, 6.45) is 4.44. The van der Waals surface area contributed by atoms with Gasteiger partial charge >= 0.3 is 0 Å². The van der Waals surface area contributed by atoms with E-state index in [-0.39, 0.29) is 5.56 Å². The summed E-state index contributed by atoms with van der Waals surface area (Å²) < 4.78 is 15.8. The number of benzene rings is 2. The number of fused-ring (bicyclic) bond motifs is 2. The van der Waals surface area contributed by atoms with Gasteiger partial charge in [-0.25, -0.2) is 4.39 Å². The first-order valence-electron chi connectivity index (χ1n) is 10.9. The molecule has 1 amide bonds. The fourth-order valence-electron chi connectivity index (χ4n) is 4.24. The van der Waals surface area contributed by atoms with Crippen molar-refractivity contribution >= 4 is 28.4 Å². The Balaban J connectivity index is 1.64. The Hall–Kier alpha value is -4.01. The Labute approximate surface area is 190 Å². The lowest BCUT2D eigenvalue weighted by Gasteiger charge is -2.21. The van der Waals surface area contributed by atoms with Gasteiger partial charge in [0.25, 0.3) is 5.95 Å². The van der Waals surface area contributed by atoms with Crippen molar-refractivity contribution in [2.24, 2.45) is 5.73 Å².